The fraction of sp³-hybridized carbons (Fsp3) is 0.286. The average molecular weight is 455 g/mol. The number of nitrogens with one attached hydrogen (secondary N) is 1. The number of nitrogens with zero attached hydrogens (tertiary/aromatic N) is 5. The molecule has 1 saturated heterocycles. The number of hydrogen-bond donors (Lipinski definition) is 1. The van der Waals surface area contributed by atoms with Crippen molar-refractivity contribution in [3.63, 3.8) is 0 Å². The van der Waals surface area contributed by atoms with Gasteiger partial charge in [0.05, 0.1) is 39.1 Å². The molecule has 0 spiro atoms. The van der Waals surface area contributed by atoms with Crippen LogP contribution in [0.5, 0.6) is 0 Å². The number of aromatic nitrogens is 5. The molecular weight excluding hydrogens is 435 g/mol. The first-order chi connectivity index (χ1) is 14.0. The van der Waals surface area contributed by atoms with Gasteiger partial charge in [0.15, 0.2) is 0 Å². The highest BCUT2D eigenvalue weighted by atomic mass is 79.9. The molecule has 1 N–H and O–H groups in total. The van der Waals surface area contributed by atoms with Crippen molar-refractivity contribution in [2.45, 2.75) is 32.2 Å². The lowest BCUT2D eigenvalue weighted by atomic mass is 9.96. The number of para-hydroxylation sites is 1. The van der Waals surface area contributed by atoms with Crippen LogP contribution in [0.15, 0.2) is 47.2 Å². The van der Waals surface area contributed by atoms with Gasteiger partial charge in [-0.1, -0.05) is 12.1 Å². The van der Waals surface area contributed by atoms with Crippen LogP contribution in [0, 0.1) is 12.7 Å². The number of aryl methyl sites for hydroxylation is 1. The van der Waals surface area contributed by atoms with Gasteiger partial charge in [-0.25, -0.2) is 9.37 Å². The zero-order valence-corrected chi connectivity index (χ0v) is 17.7. The Morgan fingerprint density at radius 2 is 2.00 bits per heavy atom. The lowest BCUT2D eigenvalue weighted by Gasteiger charge is -2.37. The van der Waals surface area contributed by atoms with Gasteiger partial charge in [0.25, 0.3) is 0 Å². The standard InChI is InChI=1S/C21H20BrFN6/c1-13-5-3-6-18(29-24-8-9-25-29)19(13)28-10-4-7-21(28,2)20-26-16-11-14(22)15(23)12-17(16)27-20/h3,5-6,8-9,11-12H,4,7,10H2,1-2H3,(H,26,27)/t21-/m0/s1. The van der Waals surface area contributed by atoms with E-state index in [2.05, 4.69) is 55.9 Å². The summed E-state index contributed by atoms with van der Waals surface area (Å²) in [6, 6.07) is 9.37. The molecule has 29 heavy (non-hydrogen) atoms. The minimum atomic E-state index is -0.351. The van der Waals surface area contributed by atoms with Gasteiger partial charge < -0.3 is 9.88 Å². The van der Waals surface area contributed by atoms with Crippen LogP contribution in [0.3, 0.4) is 0 Å². The van der Waals surface area contributed by atoms with Crippen molar-refractivity contribution in [1.29, 1.82) is 0 Å². The first kappa shape index (κ1) is 18.3. The summed E-state index contributed by atoms with van der Waals surface area (Å²) in [4.78, 5) is 12.2. The third-order valence-electron chi connectivity index (χ3n) is 5.80. The van der Waals surface area contributed by atoms with Gasteiger partial charge in [0.1, 0.15) is 17.3 Å². The molecule has 0 radical (unpaired) electrons. The average Bonchev–Trinajstić information content (AvgIpc) is 3.42. The van der Waals surface area contributed by atoms with E-state index in [4.69, 9.17) is 4.98 Å². The fourth-order valence-corrected chi connectivity index (χ4v) is 4.66. The molecule has 3 heterocycles. The monoisotopic (exact) mass is 454 g/mol. The highest BCUT2D eigenvalue weighted by molar-refractivity contribution is 9.10. The van der Waals surface area contributed by atoms with E-state index in [1.165, 1.54) is 6.07 Å². The summed E-state index contributed by atoms with van der Waals surface area (Å²) >= 11 is 3.26. The molecule has 1 atom stereocenters. The summed E-state index contributed by atoms with van der Waals surface area (Å²) < 4.78 is 14.4. The van der Waals surface area contributed by atoms with Crippen molar-refractivity contribution in [2.24, 2.45) is 0 Å². The van der Waals surface area contributed by atoms with Crippen molar-refractivity contribution < 1.29 is 4.39 Å². The van der Waals surface area contributed by atoms with Gasteiger partial charge in [-0.15, -0.1) is 4.80 Å². The van der Waals surface area contributed by atoms with Crippen LogP contribution < -0.4 is 4.90 Å². The molecule has 1 aliphatic rings. The van der Waals surface area contributed by atoms with Gasteiger partial charge in [-0.05, 0) is 60.3 Å². The normalized spacial score (nSPS) is 19.4. The highest BCUT2D eigenvalue weighted by Gasteiger charge is 2.42. The smallest absolute Gasteiger partial charge is 0.139 e. The minimum absolute atomic E-state index is 0.299. The van der Waals surface area contributed by atoms with Crippen LogP contribution >= 0.6 is 15.9 Å². The number of rotatable bonds is 3. The molecule has 5 rings (SSSR count). The molecular formula is C21H20BrFN6. The predicted octanol–water partition coefficient (Wildman–Crippen LogP) is 4.87. The quantitative estimate of drug-likeness (QED) is 0.479. The van der Waals surface area contributed by atoms with Gasteiger partial charge in [0.2, 0.25) is 0 Å². The van der Waals surface area contributed by atoms with E-state index in [-0.39, 0.29) is 11.4 Å². The topological polar surface area (TPSA) is 62.6 Å². The van der Waals surface area contributed by atoms with E-state index in [1.54, 1.807) is 23.3 Å². The van der Waals surface area contributed by atoms with Crippen LogP contribution in [-0.2, 0) is 5.54 Å². The Kier molecular flexibility index (Phi) is 4.20. The summed E-state index contributed by atoms with van der Waals surface area (Å²) in [6.07, 6.45) is 5.34. The first-order valence-electron chi connectivity index (χ1n) is 9.56. The van der Waals surface area contributed by atoms with Crippen LogP contribution in [0.1, 0.15) is 31.2 Å². The highest BCUT2D eigenvalue weighted by Crippen LogP contribution is 2.44. The second kappa shape index (κ2) is 6.66. The summed E-state index contributed by atoms with van der Waals surface area (Å²) in [7, 11) is 0. The van der Waals surface area contributed by atoms with Gasteiger partial charge >= 0.3 is 0 Å². The number of anilines is 1. The number of imidazole rings is 1. The maximum atomic E-state index is 14.0. The second-order valence-corrected chi connectivity index (χ2v) is 8.51. The molecule has 1 aliphatic heterocycles. The molecule has 2 aromatic carbocycles. The molecule has 8 heteroatoms. The van der Waals surface area contributed by atoms with Crippen molar-refractivity contribution >= 4 is 32.7 Å². The molecule has 2 aromatic heterocycles. The predicted molar refractivity (Wildman–Crippen MR) is 114 cm³/mol. The minimum Gasteiger partial charge on any atom is -0.357 e. The summed E-state index contributed by atoms with van der Waals surface area (Å²) in [5.74, 6) is 0.539. The number of benzene rings is 2. The van der Waals surface area contributed by atoms with E-state index in [0.29, 0.717) is 9.99 Å². The first-order valence-corrected chi connectivity index (χ1v) is 10.4. The molecule has 4 aromatic rings. The third kappa shape index (κ3) is 2.85. The Bertz CT molecular complexity index is 1160. The van der Waals surface area contributed by atoms with Crippen LogP contribution in [0.25, 0.3) is 16.7 Å². The largest absolute Gasteiger partial charge is 0.357 e. The molecule has 148 valence electrons. The zero-order chi connectivity index (χ0) is 20.2. The Morgan fingerprint density at radius 1 is 1.21 bits per heavy atom. The van der Waals surface area contributed by atoms with E-state index < -0.39 is 0 Å². The van der Waals surface area contributed by atoms with Crippen molar-refractivity contribution in [2.75, 3.05) is 11.4 Å². The van der Waals surface area contributed by atoms with Crippen LogP contribution in [0.2, 0.25) is 0 Å². The Balaban J connectivity index is 1.66. The maximum absolute atomic E-state index is 14.0. The van der Waals surface area contributed by atoms with E-state index >= 15 is 0 Å². The molecule has 0 unspecified atom stereocenters. The zero-order valence-electron chi connectivity index (χ0n) is 16.2. The van der Waals surface area contributed by atoms with Crippen LogP contribution in [0.4, 0.5) is 10.1 Å². The van der Waals surface area contributed by atoms with Crippen molar-refractivity contribution in [1.82, 2.24) is 25.0 Å². The number of halogens is 2. The van der Waals surface area contributed by atoms with E-state index in [0.717, 1.165) is 47.7 Å². The van der Waals surface area contributed by atoms with Crippen molar-refractivity contribution in [3.05, 3.63) is 64.4 Å². The molecule has 0 aliphatic carbocycles. The fourth-order valence-electron chi connectivity index (χ4n) is 4.32. The molecule has 0 bridgehead atoms. The van der Waals surface area contributed by atoms with Gasteiger partial charge in [-0.3, -0.25) is 0 Å². The summed E-state index contributed by atoms with van der Waals surface area (Å²) in [6.45, 7) is 5.19. The van der Waals surface area contributed by atoms with Gasteiger partial charge in [-0.2, -0.15) is 10.2 Å². The third-order valence-corrected chi connectivity index (χ3v) is 6.40. The molecule has 6 nitrogen and oxygen atoms in total. The number of H-pyrrole nitrogens is 1. The van der Waals surface area contributed by atoms with Crippen molar-refractivity contribution in [3.8, 4) is 5.69 Å². The SMILES string of the molecule is Cc1cccc(-n2nccn2)c1N1CCC[C@@]1(C)c1nc2cc(Br)c(F)cc2[nH]1. The Hall–Kier alpha value is -2.74. The molecule has 1 fully saturated rings. The van der Waals surface area contributed by atoms with Gasteiger partial charge in [0, 0.05) is 12.6 Å². The number of fused-ring (bicyclic) bond motifs is 1. The lowest BCUT2D eigenvalue weighted by Crippen LogP contribution is -2.40. The number of hydrogen-bond acceptors (Lipinski definition) is 4. The molecule has 0 saturated carbocycles. The maximum Gasteiger partial charge on any atom is 0.139 e. The Morgan fingerprint density at radius 3 is 2.79 bits per heavy atom. The van der Waals surface area contributed by atoms with Crippen LogP contribution in [-0.4, -0.2) is 31.5 Å². The summed E-state index contributed by atoms with van der Waals surface area (Å²) in [5, 5.41) is 8.69. The van der Waals surface area contributed by atoms with E-state index in [1.807, 2.05) is 12.1 Å². The molecule has 0 amide bonds. The number of aromatic amines is 1. The summed E-state index contributed by atoms with van der Waals surface area (Å²) in [5.41, 5.74) is 4.28. The Labute approximate surface area is 175 Å². The van der Waals surface area contributed by atoms with E-state index in [9.17, 15) is 4.39 Å². The lowest BCUT2D eigenvalue weighted by molar-refractivity contribution is 0.465. The second-order valence-electron chi connectivity index (χ2n) is 7.66.